The van der Waals surface area contributed by atoms with Gasteiger partial charge in [-0.05, 0) is 6.07 Å². The van der Waals surface area contributed by atoms with Gasteiger partial charge in [0.05, 0.1) is 12.1 Å². The van der Waals surface area contributed by atoms with Crippen molar-refractivity contribution < 1.29 is 18.0 Å². The lowest BCUT2D eigenvalue weighted by Gasteiger charge is -2.07. The summed E-state index contributed by atoms with van der Waals surface area (Å²) in [6.07, 6.45) is -5.33. The second kappa shape index (κ2) is 5.08. The Labute approximate surface area is 111 Å². The van der Waals surface area contributed by atoms with Crippen molar-refractivity contribution in [3.05, 3.63) is 29.1 Å². The molecular weight excluding hydrogens is 277 g/mol. The van der Waals surface area contributed by atoms with E-state index in [0.717, 1.165) is 10.1 Å². The van der Waals surface area contributed by atoms with E-state index in [1.807, 2.05) is 12.1 Å². The van der Waals surface area contributed by atoms with Crippen LogP contribution in [0.3, 0.4) is 0 Å². The van der Waals surface area contributed by atoms with Crippen LogP contribution >= 0.6 is 11.3 Å². The molecule has 0 aliphatic carbocycles. The molecule has 0 radical (unpaired) electrons. The monoisotopic (exact) mass is 288 g/mol. The second-order valence-corrected chi connectivity index (χ2v) is 5.01. The first-order chi connectivity index (χ1) is 8.88. The lowest BCUT2D eigenvalue weighted by Crippen LogP contribution is -2.27. The Bertz CT molecular complexity index is 607. The molecule has 2 aromatic rings. The molecule has 0 unspecified atom stereocenters. The van der Waals surface area contributed by atoms with E-state index in [0.29, 0.717) is 5.69 Å². The number of halogens is 3. The number of carbonyl (C=O) groups is 1. The first kappa shape index (κ1) is 13.7. The number of amides is 1. The molecule has 0 aliphatic heterocycles. The van der Waals surface area contributed by atoms with Crippen molar-refractivity contribution in [2.45, 2.75) is 12.6 Å². The zero-order valence-corrected chi connectivity index (χ0v) is 10.6. The van der Waals surface area contributed by atoms with Crippen LogP contribution in [-0.4, -0.2) is 18.6 Å². The predicted molar refractivity (Wildman–Crippen MR) is 69.2 cm³/mol. The van der Waals surface area contributed by atoms with E-state index < -0.39 is 25.0 Å². The number of nitrogens with one attached hydrogen (secondary N) is 1. The van der Waals surface area contributed by atoms with E-state index in [2.05, 4.69) is 5.32 Å². The van der Waals surface area contributed by atoms with Gasteiger partial charge in [0.25, 0.3) is 5.91 Å². The summed E-state index contributed by atoms with van der Waals surface area (Å²) in [5.41, 5.74) is 6.14. The Hall–Kier alpha value is -1.76. The number of thiophene rings is 1. The third kappa shape index (κ3) is 3.17. The van der Waals surface area contributed by atoms with Gasteiger partial charge in [-0.1, -0.05) is 18.2 Å². The molecule has 0 saturated carbocycles. The average molecular weight is 288 g/mol. The molecule has 0 spiro atoms. The van der Waals surface area contributed by atoms with Crippen LogP contribution in [-0.2, 0) is 0 Å². The Kier molecular flexibility index (Phi) is 3.66. The van der Waals surface area contributed by atoms with Crippen molar-refractivity contribution in [2.75, 3.05) is 12.3 Å². The van der Waals surface area contributed by atoms with Crippen LogP contribution in [0.1, 0.15) is 16.1 Å². The molecule has 1 amide bonds. The predicted octanol–water partition coefficient (Wildman–Crippen LogP) is 3.17. The summed E-state index contributed by atoms with van der Waals surface area (Å²) in [6, 6.07) is 7.18. The maximum atomic E-state index is 12.0. The van der Waals surface area contributed by atoms with Crippen molar-refractivity contribution in [3.8, 4) is 0 Å². The van der Waals surface area contributed by atoms with Crippen LogP contribution in [0.2, 0.25) is 0 Å². The number of hydrogen-bond donors (Lipinski definition) is 2. The lowest BCUT2D eigenvalue weighted by atomic mass is 10.2. The minimum absolute atomic E-state index is 0.253. The Morgan fingerprint density at radius 2 is 2.00 bits per heavy atom. The third-order valence-corrected chi connectivity index (χ3v) is 3.72. The van der Waals surface area contributed by atoms with Crippen molar-refractivity contribution >= 4 is 33.0 Å². The van der Waals surface area contributed by atoms with Gasteiger partial charge in [-0.15, -0.1) is 11.3 Å². The smallest absolute Gasteiger partial charge is 0.390 e. The zero-order chi connectivity index (χ0) is 14.0. The average Bonchev–Trinajstić information content (AvgIpc) is 2.66. The summed E-state index contributed by atoms with van der Waals surface area (Å²) < 4.78 is 36.8. The van der Waals surface area contributed by atoms with E-state index in [-0.39, 0.29) is 4.88 Å². The Morgan fingerprint density at radius 3 is 2.63 bits per heavy atom. The number of nitrogens with two attached hydrogens (primary N) is 1. The van der Waals surface area contributed by atoms with Crippen LogP contribution in [0.5, 0.6) is 0 Å². The van der Waals surface area contributed by atoms with Gasteiger partial charge in [0.15, 0.2) is 0 Å². The molecule has 102 valence electrons. The number of nitrogen functional groups attached to an aromatic ring is 1. The second-order valence-electron chi connectivity index (χ2n) is 3.96. The maximum absolute atomic E-state index is 12.0. The summed E-state index contributed by atoms with van der Waals surface area (Å²) in [5.74, 6) is -0.567. The number of fused-ring (bicyclic) bond motifs is 1. The highest BCUT2D eigenvalue weighted by Crippen LogP contribution is 2.33. The fraction of sp³-hybridized carbons (Fsp3) is 0.250. The van der Waals surface area contributed by atoms with Crippen LogP contribution in [0.4, 0.5) is 18.9 Å². The molecule has 0 saturated heterocycles. The summed E-state index contributed by atoms with van der Waals surface area (Å²) in [5, 5.41) is 2.97. The molecule has 0 fully saturated rings. The lowest BCUT2D eigenvalue weighted by molar-refractivity contribution is -0.132. The van der Waals surface area contributed by atoms with Crippen LogP contribution in [0.25, 0.3) is 10.1 Å². The van der Waals surface area contributed by atoms with Crippen molar-refractivity contribution in [1.82, 2.24) is 5.32 Å². The molecule has 0 aliphatic rings. The Balaban J connectivity index is 2.11. The molecule has 7 heteroatoms. The van der Waals surface area contributed by atoms with Crippen LogP contribution in [0.15, 0.2) is 24.3 Å². The number of rotatable bonds is 3. The largest absolute Gasteiger partial charge is 0.397 e. The molecule has 1 heterocycles. The van der Waals surface area contributed by atoms with Gasteiger partial charge in [-0.25, -0.2) is 0 Å². The molecule has 3 N–H and O–H groups in total. The van der Waals surface area contributed by atoms with E-state index in [1.54, 1.807) is 12.1 Å². The standard InChI is InChI=1S/C12H11F3N2OS/c13-12(14,15)5-6-17-11(18)10-9(16)7-3-1-2-4-8(7)19-10/h1-4H,5-6,16H2,(H,17,18). The fourth-order valence-corrected chi connectivity index (χ4v) is 2.67. The number of anilines is 1. The number of benzene rings is 1. The molecule has 19 heavy (non-hydrogen) atoms. The minimum Gasteiger partial charge on any atom is -0.397 e. The summed E-state index contributed by atoms with van der Waals surface area (Å²) >= 11 is 1.17. The van der Waals surface area contributed by atoms with Gasteiger partial charge < -0.3 is 11.1 Å². The number of alkyl halides is 3. The SMILES string of the molecule is Nc1c(C(=O)NCCC(F)(F)F)sc2ccccc12. The Morgan fingerprint density at radius 1 is 1.32 bits per heavy atom. The van der Waals surface area contributed by atoms with Crippen LogP contribution < -0.4 is 11.1 Å². The van der Waals surface area contributed by atoms with Gasteiger partial charge in [0, 0.05) is 16.6 Å². The van der Waals surface area contributed by atoms with Gasteiger partial charge in [0.1, 0.15) is 4.88 Å². The molecule has 3 nitrogen and oxygen atoms in total. The first-order valence-corrected chi connectivity index (χ1v) is 6.32. The molecule has 1 aromatic heterocycles. The highest BCUT2D eigenvalue weighted by atomic mass is 32.1. The number of carbonyl (C=O) groups excluding carboxylic acids is 1. The van der Waals surface area contributed by atoms with E-state index in [1.165, 1.54) is 11.3 Å². The van der Waals surface area contributed by atoms with Gasteiger partial charge in [-0.2, -0.15) is 13.2 Å². The number of hydrogen-bond acceptors (Lipinski definition) is 3. The van der Waals surface area contributed by atoms with E-state index in [4.69, 9.17) is 5.73 Å². The minimum atomic E-state index is -4.28. The third-order valence-electron chi connectivity index (χ3n) is 2.53. The zero-order valence-electron chi connectivity index (χ0n) is 9.75. The van der Waals surface area contributed by atoms with Gasteiger partial charge >= 0.3 is 6.18 Å². The van der Waals surface area contributed by atoms with Crippen LogP contribution in [0, 0.1) is 0 Å². The van der Waals surface area contributed by atoms with Crippen molar-refractivity contribution in [3.63, 3.8) is 0 Å². The van der Waals surface area contributed by atoms with Crippen molar-refractivity contribution in [2.24, 2.45) is 0 Å². The summed E-state index contributed by atoms with van der Waals surface area (Å²) in [7, 11) is 0. The van der Waals surface area contributed by atoms with E-state index >= 15 is 0 Å². The van der Waals surface area contributed by atoms with E-state index in [9.17, 15) is 18.0 Å². The quantitative estimate of drug-likeness (QED) is 0.911. The molecule has 1 aromatic carbocycles. The topological polar surface area (TPSA) is 55.1 Å². The molecule has 0 bridgehead atoms. The first-order valence-electron chi connectivity index (χ1n) is 5.50. The fourth-order valence-electron chi connectivity index (χ4n) is 1.63. The molecule has 2 rings (SSSR count). The highest BCUT2D eigenvalue weighted by molar-refractivity contribution is 7.21. The molecule has 0 atom stereocenters. The maximum Gasteiger partial charge on any atom is 0.390 e. The normalized spacial score (nSPS) is 11.7. The van der Waals surface area contributed by atoms with Gasteiger partial charge in [-0.3, -0.25) is 4.79 Å². The summed E-state index contributed by atoms with van der Waals surface area (Å²) in [6.45, 7) is -0.448. The highest BCUT2D eigenvalue weighted by Gasteiger charge is 2.27. The van der Waals surface area contributed by atoms with Gasteiger partial charge in [0.2, 0.25) is 0 Å². The van der Waals surface area contributed by atoms with Crippen molar-refractivity contribution in [1.29, 1.82) is 0 Å². The summed E-state index contributed by atoms with van der Waals surface area (Å²) in [4.78, 5) is 12.0. The molecular formula is C12H11F3N2OS.